The summed E-state index contributed by atoms with van der Waals surface area (Å²) in [4.78, 5) is 12.0. The third-order valence-electron chi connectivity index (χ3n) is 6.18. The first kappa shape index (κ1) is 25.4. The van der Waals surface area contributed by atoms with Crippen LogP contribution in [0.2, 0.25) is 0 Å². The molecule has 2 aliphatic rings. The summed E-state index contributed by atoms with van der Waals surface area (Å²) < 4.78 is 0. The Kier molecular flexibility index (Phi) is 11.4. The molecule has 1 aromatic rings. The van der Waals surface area contributed by atoms with Crippen LogP contribution in [-0.2, 0) is 6.54 Å². The molecule has 0 spiro atoms. The lowest BCUT2D eigenvalue weighted by Crippen LogP contribution is -2.50. The molecule has 0 amide bonds. The monoisotopic (exact) mass is 528 g/mol. The number of benzene rings is 1. The fourth-order valence-electron chi connectivity index (χ4n) is 4.27. The van der Waals surface area contributed by atoms with Crippen LogP contribution in [0.25, 0.3) is 0 Å². The van der Waals surface area contributed by atoms with E-state index in [1.807, 2.05) is 7.05 Å². The summed E-state index contributed by atoms with van der Waals surface area (Å²) in [6.45, 7) is 12.6. The van der Waals surface area contributed by atoms with Crippen molar-refractivity contribution in [1.29, 1.82) is 0 Å². The van der Waals surface area contributed by atoms with E-state index >= 15 is 0 Å². The Labute approximate surface area is 200 Å². The molecule has 2 fully saturated rings. The normalized spacial score (nSPS) is 21.1. The Hall–Kier alpha value is -0.900. The summed E-state index contributed by atoms with van der Waals surface area (Å²) in [6.07, 6.45) is 2.34. The molecule has 7 heteroatoms. The van der Waals surface area contributed by atoms with E-state index < -0.39 is 0 Å². The molecule has 2 saturated heterocycles. The van der Waals surface area contributed by atoms with Crippen molar-refractivity contribution in [3.63, 3.8) is 0 Å². The Balaban J connectivity index is 0.00000320. The molecule has 30 heavy (non-hydrogen) atoms. The standard InChI is InChI=1S/C23H40N6.HI/c1-20(18-29-15-13-27(3)14-16-29)17-25-23(24-2)26-22-9-11-28(12-10-22)19-21-7-5-4-6-8-21;/h4-8,20,22H,9-19H2,1-3H3,(H2,24,25,26);1H. The predicted molar refractivity (Wildman–Crippen MR) is 138 cm³/mol. The number of piperazine rings is 1. The second-order valence-corrected chi connectivity index (χ2v) is 8.84. The maximum absolute atomic E-state index is 4.46. The number of rotatable bonds is 7. The van der Waals surface area contributed by atoms with Crippen molar-refractivity contribution >= 4 is 29.9 Å². The average Bonchev–Trinajstić information content (AvgIpc) is 2.75. The Morgan fingerprint density at radius 3 is 2.33 bits per heavy atom. The zero-order chi connectivity index (χ0) is 20.5. The summed E-state index contributed by atoms with van der Waals surface area (Å²) in [7, 11) is 4.09. The zero-order valence-corrected chi connectivity index (χ0v) is 21.3. The molecule has 0 bridgehead atoms. The molecule has 0 aromatic heterocycles. The third kappa shape index (κ3) is 8.69. The highest BCUT2D eigenvalue weighted by Crippen LogP contribution is 2.14. The summed E-state index contributed by atoms with van der Waals surface area (Å²) in [5, 5.41) is 7.20. The first-order chi connectivity index (χ1) is 14.1. The number of likely N-dealkylation sites (tertiary alicyclic amines) is 1. The molecule has 0 radical (unpaired) electrons. The van der Waals surface area contributed by atoms with E-state index in [0.29, 0.717) is 12.0 Å². The molecule has 2 aliphatic heterocycles. The van der Waals surface area contributed by atoms with E-state index in [1.54, 1.807) is 0 Å². The molecule has 3 rings (SSSR count). The first-order valence-corrected chi connectivity index (χ1v) is 11.3. The van der Waals surface area contributed by atoms with Crippen LogP contribution in [0.15, 0.2) is 35.3 Å². The van der Waals surface area contributed by atoms with Crippen LogP contribution in [0.1, 0.15) is 25.3 Å². The van der Waals surface area contributed by atoms with Gasteiger partial charge in [0.15, 0.2) is 5.96 Å². The average molecular weight is 529 g/mol. The van der Waals surface area contributed by atoms with Gasteiger partial charge in [-0.3, -0.25) is 9.89 Å². The van der Waals surface area contributed by atoms with E-state index in [1.165, 1.54) is 44.6 Å². The largest absolute Gasteiger partial charge is 0.356 e. The minimum atomic E-state index is 0. The molecule has 6 nitrogen and oxygen atoms in total. The molecule has 1 atom stereocenters. The molecule has 0 aliphatic carbocycles. The van der Waals surface area contributed by atoms with Gasteiger partial charge in [0.2, 0.25) is 0 Å². The van der Waals surface area contributed by atoms with Crippen molar-refractivity contribution < 1.29 is 0 Å². The van der Waals surface area contributed by atoms with E-state index in [9.17, 15) is 0 Å². The number of likely N-dealkylation sites (N-methyl/N-ethyl adjacent to an activating group) is 1. The summed E-state index contributed by atoms with van der Waals surface area (Å²) >= 11 is 0. The summed E-state index contributed by atoms with van der Waals surface area (Å²) in [5.41, 5.74) is 1.41. The zero-order valence-electron chi connectivity index (χ0n) is 19.0. The minimum absolute atomic E-state index is 0. The van der Waals surface area contributed by atoms with E-state index in [-0.39, 0.29) is 24.0 Å². The topological polar surface area (TPSA) is 46.1 Å². The van der Waals surface area contributed by atoms with Gasteiger partial charge in [0.1, 0.15) is 0 Å². The van der Waals surface area contributed by atoms with E-state index in [0.717, 1.165) is 38.7 Å². The van der Waals surface area contributed by atoms with Gasteiger partial charge in [-0.15, -0.1) is 24.0 Å². The van der Waals surface area contributed by atoms with Crippen molar-refractivity contribution in [3.8, 4) is 0 Å². The van der Waals surface area contributed by atoms with E-state index in [4.69, 9.17) is 0 Å². The van der Waals surface area contributed by atoms with Crippen LogP contribution in [-0.4, -0.2) is 93.2 Å². The molecule has 1 aromatic carbocycles. The van der Waals surface area contributed by atoms with Crippen molar-refractivity contribution in [1.82, 2.24) is 25.3 Å². The number of nitrogens with zero attached hydrogens (tertiary/aromatic N) is 4. The molecule has 2 N–H and O–H groups in total. The van der Waals surface area contributed by atoms with Crippen LogP contribution in [0.3, 0.4) is 0 Å². The summed E-state index contributed by atoms with van der Waals surface area (Å²) in [6, 6.07) is 11.3. The molecular formula is C23H41IN6. The van der Waals surface area contributed by atoms with Crippen LogP contribution in [0.4, 0.5) is 0 Å². The molecular weight excluding hydrogens is 487 g/mol. The second-order valence-electron chi connectivity index (χ2n) is 8.84. The maximum Gasteiger partial charge on any atom is 0.191 e. The smallest absolute Gasteiger partial charge is 0.191 e. The lowest BCUT2D eigenvalue weighted by atomic mass is 10.0. The van der Waals surface area contributed by atoms with Crippen LogP contribution >= 0.6 is 24.0 Å². The molecule has 2 heterocycles. The van der Waals surface area contributed by atoms with Gasteiger partial charge in [0.05, 0.1) is 0 Å². The van der Waals surface area contributed by atoms with Crippen LogP contribution in [0, 0.1) is 5.92 Å². The van der Waals surface area contributed by atoms with Gasteiger partial charge in [0.25, 0.3) is 0 Å². The first-order valence-electron chi connectivity index (χ1n) is 11.3. The van der Waals surface area contributed by atoms with E-state index in [2.05, 4.69) is 74.6 Å². The van der Waals surface area contributed by atoms with Gasteiger partial charge in [-0.05, 0) is 31.4 Å². The number of hydrogen-bond donors (Lipinski definition) is 2. The predicted octanol–water partition coefficient (Wildman–Crippen LogP) is 2.32. The fraction of sp³-hybridized carbons (Fsp3) is 0.696. The minimum Gasteiger partial charge on any atom is -0.356 e. The second kappa shape index (κ2) is 13.5. The van der Waals surface area contributed by atoms with Crippen molar-refractivity contribution in [2.45, 2.75) is 32.4 Å². The van der Waals surface area contributed by atoms with Crippen molar-refractivity contribution in [2.75, 3.05) is 66.5 Å². The number of halogens is 1. The fourth-order valence-corrected chi connectivity index (χ4v) is 4.27. The maximum atomic E-state index is 4.46. The SMILES string of the molecule is CN=C(NCC(C)CN1CCN(C)CC1)NC1CCN(Cc2ccccc2)CC1.I. The highest BCUT2D eigenvalue weighted by molar-refractivity contribution is 14.0. The van der Waals surface area contributed by atoms with Gasteiger partial charge in [-0.2, -0.15) is 0 Å². The van der Waals surface area contributed by atoms with Crippen LogP contribution in [0.5, 0.6) is 0 Å². The van der Waals surface area contributed by atoms with Crippen molar-refractivity contribution in [2.24, 2.45) is 10.9 Å². The number of aliphatic imine (C=N–C) groups is 1. The third-order valence-corrected chi connectivity index (χ3v) is 6.18. The Morgan fingerprint density at radius 1 is 1.03 bits per heavy atom. The van der Waals surface area contributed by atoms with Gasteiger partial charge >= 0.3 is 0 Å². The number of piperidine rings is 1. The Bertz CT molecular complexity index is 609. The molecule has 170 valence electrons. The Morgan fingerprint density at radius 2 is 1.70 bits per heavy atom. The van der Waals surface area contributed by atoms with Gasteiger partial charge in [-0.1, -0.05) is 37.3 Å². The lowest BCUT2D eigenvalue weighted by molar-refractivity contribution is 0.139. The number of guanidine groups is 1. The van der Waals surface area contributed by atoms with Gasteiger partial charge < -0.3 is 20.4 Å². The number of hydrogen-bond acceptors (Lipinski definition) is 4. The van der Waals surface area contributed by atoms with Crippen LogP contribution < -0.4 is 10.6 Å². The molecule has 1 unspecified atom stereocenters. The van der Waals surface area contributed by atoms with Crippen molar-refractivity contribution in [3.05, 3.63) is 35.9 Å². The highest BCUT2D eigenvalue weighted by Gasteiger charge is 2.20. The van der Waals surface area contributed by atoms with Gasteiger partial charge in [-0.25, -0.2) is 0 Å². The summed E-state index contributed by atoms with van der Waals surface area (Å²) in [5.74, 6) is 1.57. The lowest BCUT2D eigenvalue weighted by Gasteiger charge is -2.34. The quantitative estimate of drug-likeness (QED) is 0.323. The molecule has 0 saturated carbocycles. The number of nitrogens with one attached hydrogen (secondary N) is 2. The highest BCUT2D eigenvalue weighted by atomic mass is 127. The van der Waals surface area contributed by atoms with Gasteiger partial charge in [0, 0.05) is 72.0 Å².